The molecule has 3 aromatic rings. The maximum absolute atomic E-state index is 5.90. The van der Waals surface area contributed by atoms with Crippen molar-refractivity contribution in [1.29, 1.82) is 0 Å². The lowest BCUT2D eigenvalue weighted by atomic mass is 9.91. The standard InChI is InChI=1S/C48H60N6O6/c1-55-43-19-32-26-50-39-15-9-10-16-40(39)52-28-34-22-48(60-6)36(24-47(34)59-5)30-54-42-18-12-11-17-41(42)53-29-35-23-45(57-3)33(21-46(35)58-4)27-51-38-14-8-7-13-37(38)49-25-31(43)20-44(32)56-2/h19-30,37-42H,7-18H2,1-6H3/t37-,38-,39-,40-,41-,42-/m0/s1. The molecular formula is C48H60N6O6. The summed E-state index contributed by atoms with van der Waals surface area (Å²) in [6, 6.07) is 11.9. The average molecular weight is 817 g/mol. The van der Waals surface area contributed by atoms with Crippen LogP contribution in [0.5, 0.6) is 34.5 Å². The Labute approximate surface area is 355 Å². The molecule has 0 unspecified atom stereocenters. The van der Waals surface area contributed by atoms with Gasteiger partial charge >= 0.3 is 0 Å². The minimum Gasteiger partial charge on any atom is -0.496 e. The van der Waals surface area contributed by atoms with E-state index in [-0.39, 0.29) is 36.3 Å². The molecule has 6 heterocycles. The summed E-state index contributed by atoms with van der Waals surface area (Å²) in [5, 5.41) is 0. The molecule has 12 rings (SSSR count). The molecule has 9 aliphatic rings. The van der Waals surface area contributed by atoms with Gasteiger partial charge in [-0.3, -0.25) is 30.0 Å². The Kier molecular flexibility index (Phi) is 14.7. The van der Waals surface area contributed by atoms with E-state index in [9.17, 15) is 0 Å². The Bertz CT molecular complexity index is 1740. The number of aliphatic imine (C=N–C) groups is 6. The van der Waals surface area contributed by atoms with Gasteiger partial charge in [-0.15, -0.1) is 0 Å². The lowest BCUT2D eigenvalue weighted by molar-refractivity contribution is 0.387. The quantitative estimate of drug-likeness (QED) is 0.245. The van der Waals surface area contributed by atoms with Gasteiger partial charge in [-0.05, 0) is 74.9 Å². The highest BCUT2D eigenvalue weighted by Crippen LogP contribution is 2.33. The summed E-state index contributed by atoms with van der Waals surface area (Å²) in [4.78, 5) is 30.7. The van der Waals surface area contributed by atoms with E-state index >= 15 is 0 Å². The van der Waals surface area contributed by atoms with Crippen LogP contribution in [0.25, 0.3) is 0 Å². The fraction of sp³-hybridized carbons (Fsp3) is 0.500. The third kappa shape index (κ3) is 10.1. The van der Waals surface area contributed by atoms with Crippen molar-refractivity contribution in [2.75, 3.05) is 42.7 Å². The molecule has 0 saturated heterocycles. The van der Waals surface area contributed by atoms with Gasteiger partial charge in [0.25, 0.3) is 0 Å². The summed E-state index contributed by atoms with van der Waals surface area (Å²) in [6.07, 6.45) is 23.7. The van der Waals surface area contributed by atoms with Crippen molar-refractivity contribution < 1.29 is 28.4 Å². The molecule has 3 aromatic carbocycles. The minimum absolute atomic E-state index is 0.0141. The van der Waals surface area contributed by atoms with Gasteiger partial charge in [0.05, 0.1) is 78.9 Å². The molecule has 12 heteroatoms. The number of nitrogens with zero attached hydrogens (tertiary/aromatic N) is 6. The van der Waals surface area contributed by atoms with Gasteiger partial charge in [0.2, 0.25) is 0 Å². The molecule has 3 saturated carbocycles. The molecule has 6 atom stereocenters. The largest absolute Gasteiger partial charge is 0.496 e. The van der Waals surface area contributed by atoms with Crippen LogP contribution in [0.3, 0.4) is 0 Å². The summed E-state index contributed by atoms with van der Waals surface area (Å²) >= 11 is 0. The van der Waals surface area contributed by atoms with Crippen LogP contribution in [0.2, 0.25) is 0 Å². The first kappa shape index (κ1) is 42.6. The van der Waals surface area contributed by atoms with Crippen LogP contribution in [-0.4, -0.2) is 116 Å². The first-order valence-electron chi connectivity index (χ1n) is 21.4. The minimum atomic E-state index is 0.0141. The van der Waals surface area contributed by atoms with E-state index in [1.807, 2.05) is 73.7 Å². The van der Waals surface area contributed by atoms with Crippen molar-refractivity contribution in [3.63, 3.8) is 0 Å². The number of benzene rings is 3. The number of rotatable bonds is 6. The number of hydrogen-bond donors (Lipinski definition) is 0. The smallest absolute Gasteiger partial charge is 0.128 e. The van der Waals surface area contributed by atoms with E-state index in [0.717, 1.165) is 110 Å². The number of ether oxygens (including phenoxy) is 6. The summed E-state index contributed by atoms with van der Waals surface area (Å²) < 4.78 is 35.4. The van der Waals surface area contributed by atoms with E-state index < -0.39 is 0 Å². The van der Waals surface area contributed by atoms with Crippen molar-refractivity contribution in [3.05, 3.63) is 69.8 Å². The predicted octanol–water partition coefficient (Wildman–Crippen LogP) is 8.60. The Morgan fingerprint density at radius 3 is 0.567 bits per heavy atom. The second-order valence-corrected chi connectivity index (χ2v) is 15.9. The highest BCUT2D eigenvalue weighted by atomic mass is 16.5. The molecule has 0 amide bonds. The van der Waals surface area contributed by atoms with Crippen LogP contribution in [0.1, 0.15) is 110 Å². The molecule has 12 nitrogen and oxygen atoms in total. The Morgan fingerprint density at radius 2 is 0.433 bits per heavy atom. The topological polar surface area (TPSA) is 130 Å². The molecule has 3 aliphatic carbocycles. The van der Waals surface area contributed by atoms with E-state index in [1.54, 1.807) is 42.7 Å². The third-order valence-electron chi connectivity index (χ3n) is 12.3. The first-order valence-corrected chi connectivity index (χ1v) is 21.4. The Hall–Kier alpha value is -5.52. The monoisotopic (exact) mass is 816 g/mol. The molecular weight excluding hydrogens is 757 g/mol. The van der Waals surface area contributed by atoms with Crippen LogP contribution >= 0.6 is 0 Å². The maximum atomic E-state index is 5.90. The van der Waals surface area contributed by atoms with Crippen LogP contribution in [0.4, 0.5) is 0 Å². The molecule has 318 valence electrons. The summed E-state index contributed by atoms with van der Waals surface area (Å²) in [7, 11) is 10.1. The normalized spacial score (nSPS) is 24.3. The van der Waals surface area contributed by atoms with Gasteiger partial charge in [-0.25, -0.2) is 0 Å². The molecule has 6 bridgehead atoms. The zero-order valence-corrected chi connectivity index (χ0v) is 36.0. The zero-order chi connectivity index (χ0) is 41.8. The van der Waals surface area contributed by atoms with Crippen LogP contribution < -0.4 is 28.4 Å². The van der Waals surface area contributed by atoms with Crippen LogP contribution in [0.15, 0.2) is 66.4 Å². The van der Waals surface area contributed by atoms with Gasteiger partial charge in [0.1, 0.15) is 34.5 Å². The van der Waals surface area contributed by atoms with Crippen molar-refractivity contribution >= 4 is 37.3 Å². The number of methoxy groups -OCH3 is 6. The fourth-order valence-corrected chi connectivity index (χ4v) is 8.81. The second-order valence-electron chi connectivity index (χ2n) is 15.9. The fourth-order valence-electron chi connectivity index (χ4n) is 8.81. The summed E-state index contributed by atoms with van der Waals surface area (Å²) in [5.41, 5.74) is 5.02. The molecule has 0 radical (unpaired) electrons. The maximum Gasteiger partial charge on any atom is 0.128 e. The highest BCUT2D eigenvalue weighted by molar-refractivity contribution is 5.93. The molecule has 0 spiro atoms. The zero-order valence-electron chi connectivity index (χ0n) is 36.0. The lowest BCUT2D eigenvalue weighted by Gasteiger charge is -2.26. The van der Waals surface area contributed by atoms with Gasteiger partial charge in [-0.1, -0.05) is 38.5 Å². The summed E-state index contributed by atoms with van der Waals surface area (Å²) in [5.74, 6) is 4.19. The van der Waals surface area contributed by atoms with Crippen molar-refractivity contribution in [1.82, 2.24) is 0 Å². The molecule has 6 aliphatic heterocycles. The SMILES string of the molecule is COc1cc2c(OC)cc1C=N[C@H]1CCCC[C@@H]1N=Cc1cc(OC)c(cc1OC)C=N[C@H]1CCCC[C@@H]1N=Cc1cc(OC)c(cc1OC)C=N[C@H]1CCCC[C@@H]1N=C2. The second kappa shape index (κ2) is 20.6. The van der Waals surface area contributed by atoms with Crippen molar-refractivity contribution in [3.8, 4) is 34.5 Å². The van der Waals surface area contributed by atoms with E-state index in [4.69, 9.17) is 58.4 Å². The van der Waals surface area contributed by atoms with Crippen LogP contribution in [0, 0.1) is 0 Å². The van der Waals surface area contributed by atoms with E-state index in [2.05, 4.69) is 0 Å². The molecule has 0 N–H and O–H groups in total. The van der Waals surface area contributed by atoms with E-state index in [0.29, 0.717) is 34.5 Å². The Balaban J connectivity index is 1.30. The predicted molar refractivity (Wildman–Crippen MR) is 242 cm³/mol. The molecule has 3 fully saturated rings. The van der Waals surface area contributed by atoms with E-state index in [1.165, 1.54) is 0 Å². The third-order valence-corrected chi connectivity index (χ3v) is 12.3. The first-order chi connectivity index (χ1) is 29.4. The van der Waals surface area contributed by atoms with Crippen molar-refractivity contribution in [2.45, 2.75) is 113 Å². The highest BCUT2D eigenvalue weighted by Gasteiger charge is 2.27. The summed E-state index contributed by atoms with van der Waals surface area (Å²) in [6.45, 7) is 0. The Morgan fingerprint density at radius 1 is 0.283 bits per heavy atom. The van der Waals surface area contributed by atoms with Gasteiger partial charge in [0, 0.05) is 70.7 Å². The molecule has 0 aromatic heterocycles. The molecule has 60 heavy (non-hydrogen) atoms. The van der Waals surface area contributed by atoms with Gasteiger partial charge < -0.3 is 28.4 Å². The van der Waals surface area contributed by atoms with Crippen molar-refractivity contribution in [2.24, 2.45) is 30.0 Å². The number of hydrogen-bond acceptors (Lipinski definition) is 12. The van der Waals surface area contributed by atoms with Gasteiger partial charge in [-0.2, -0.15) is 0 Å². The van der Waals surface area contributed by atoms with Gasteiger partial charge in [0.15, 0.2) is 0 Å². The average Bonchev–Trinajstić information content (AvgIpc) is 3.29. The van der Waals surface area contributed by atoms with Crippen LogP contribution in [-0.2, 0) is 0 Å². The lowest BCUT2D eigenvalue weighted by Crippen LogP contribution is -2.27.